The lowest BCUT2D eigenvalue weighted by Gasteiger charge is -2.18. The molecule has 1 N–H and O–H groups in total. The van der Waals surface area contributed by atoms with Gasteiger partial charge in [-0.2, -0.15) is 0 Å². The molecule has 1 saturated carbocycles. The minimum atomic E-state index is -1.16. The third-order valence-electron chi connectivity index (χ3n) is 4.20. The van der Waals surface area contributed by atoms with Crippen LogP contribution in [0.5, 0.6) is 5.75 Å². The van der Waals surface area contributed by atoms with Crippen molar-refractivity contribution in [2.24, 2.45) is 5.41 Å². The summed E-state index contributed by atoms with van der Waals surface area (Å²) >= 11 is 11.8. The van der Waals surface area contributed by atoms with Crippen LogP contribution in [-0.2, 0) is 19.1 Å². The van der Waals surface area contributed by atoms with Crippen molar-refractivity contribution in [3.63, 3.8) is 0 Å². The summed E-state index contributed by atoms with van der Waals surface area (Å²) in [6.07, 6.45) is 0.273. The summed E-state index contributed by atoms with van der Waals surface area (Å²) in [4.78, 5) is 37.2. The van der Waals surface area contributed by atoms with Crippen molar-refractivity contribution in [1.82, 2.24) is 4.90 Å². The first kappa shape index (κ1) is 20.3. The van der Waals surface area contributed by atoms with E-state index in [1.807, 2.05) is 0 Å². The SMILES string of the molecule is COc1cccc(NC(=O)CN(C)C(=O)COC(=O)[C@@]2(C)CC2(Cl)Cl)c1. The van der Waals surface area contributed by atoms with Crippen molar-refractivity contribution in [3.05, 3.63) is 24.3 Å². The first-order chi connectivity index (χ1) is 12.1. The topological polar surface area (TPSA) is 84.9 Å². The van der Waals surface area contributed by atoms with Crippen LogP contribution in [0.1, 0.15) is 13.3 Å². The van der Waals surface area contributed by atoms with Gasteiger partial charge in [0.15, 0.2) is 6.61 Å². The van der Waals surface area contributed by atoms with Gasteiger partial charge in [0.25, 0.3) is 5.91 Å². The minimum Gasteiger partial charge on any atom is -0.497 e. The van der Waals surface area contributed by atoms with Crippen LogP contribution < -0.4 is 10.1 Å². The van der Waals surface area contributed by atoms with Gasteiger partial charge in [-0.05, 0) is 19.1 Å². The van der Waals surface area contributed by atoms with Gasteiger partial charge in [-0.15, -0.1) is 23.2 Å². The molecule has 2 rings (SSSR count). The average molecular weight is 403 g/mol. The van der Waals surface area contributed by atoms with Gasteiger partial charge in [-0.1, -0.05) is 6.07 Å². The van der Waals surface area contributed by atoms with E-state index in [-0.39, 0.29) is 13.0 Å². The first-order valence-corrected chi connectivity index (χ1v) is 8.57. The Morgan fingerprint density at radius 1 is 1.31 bits per heavy atom. The van der Waals surface area contributed by atoms with Crippen molar-refractivity contribution < 1.29 is 23.9 Å². The van der Waals surface area contributed by atoms with Gasteiger partial charge in [0.05, 0.1) is 13.7 Å². The Morgan fingerprint density at radius 3 is 2.54 bits per heavy atom. The van der Waals surface area contributed by atoms with E-state index in [0.29, 0.717) is 11.4 Å². The Morgan fingerprint density at radius 2 is 1.96 bits per heavy atom. The van der Waals surface area contributed by atoms with Crippen molar-refractivity contribution >= 4 is 46.7 Å². The fraction of sp³-hybridized carbons (Fsp3) is 0.471. The molecule has 1 atom stereocenters. The lowest BCUT2D eigenvalue weighted by molar-refractivity contribution is -0.156. The molecule has 142 valence electrons. The minimum absolute atomic E-state index is 0.195. The molecule has 7 nitrogen and oxygen atoms in total. The number of esters is 1. The van der Waals surface area contributed by atoms with Gasteiger partial charge in [-0.3, -0.25) is 14.4 Å². The monoisotopic (exact) mass is 402 g/mol. The molecular formula is C17H20Cl2N2O5. The Balaban J connectivity index is 1.79. The fourth-order valence-electron chi connectivity index (χ4n) is 2.22. The molecular weight excluding hydrogens is 383 g/mol. The van der Waals surface area contributed by atoms with Crippen molar-refractivity contribution in [3.8, 4) is 5.75 Å². The zero-order valence-corrected chi connectivity index (χ0v) is 16.2. The second kappa shape index (κ2) is 7.72. The van der Waals surface area contributed by atoms with Crippen LogP contribution in [0.4, 0.5) is 5.69 Å². The van der Waals surface area contributed by atoms with E-state index in [9.17, 15) is 14.4 Å². The highest BCUT2D eigenvalue weighted by molar-refractivity contribution is 6.53. The predicted molar refractivity (Wildman–Crippen MR) is 97.4 cm³/mol. The molecule has 0 bridgehead atoms. The molecule has 1 fully saturated rings. The quantitative estimate of drug-likeness (QED) is 0.558. The molecule has 0 heterocycles. The van der Waals surface area contributed by atoms with Crippen molar-refractivity contribution in [2.45, 2.75) is 17.7 Å². The predicted octanol–water partition coefficient (Wildman–Crippen LogP) is 2.22. The number of ether oxygens (including phenoxy) is 2. The molecule has 0 saturated heterocycles. The van der Waals surface area contributed by atoms with Crippen LogP contribution in [-0.4, -0.2) is 54.3 Å². The van der Waals surface area contributed by atoms with Gasteiger partial charge >= 0.3 is 5.97 Å². The van der Waals surface area contributed by atoms with E-state index in [1.54, 1.807) is 31.2 Å². The zero-order chi connectivity index (χ0) is 19.5. The molecule has 9 heteroatoms. The average Bonchev–Trinajstić information content (AvgIpc) is 3.11. The maximum absolute atomic E-state index is 12.0. The number of nitrogens with one attached hydrogen (secondary N) is 1. The number of amides is 2. The number of hydrogen-bond acceptors (Lipinski definition) is 5. The van der Waals surface area contributed by atoms with Crippen LogP contribution in [0.15, 0.2) is 24.3 Å². The van der Waals surface area contributed by atoms with Crippen molar-refractivity contribution in [1.29, 1.82) is 0 Å². The standard InChI is InChI=1S/C17H20Cl2N2O5/c1-16(10-17(16,18)19)15(24)26-9-14(23)21(2)8-13(22)20-11-5-4-6-12(7-11)25-3/h4-7H,8-10H2,1-3H3,(H,20,22)/t16-/m1/s1. The second-order valence-corrected chi connectivity index (χ2v) is 7.80. The summed E-state index contributed by atoms with van der Waals surface area (Å²) in [6, 6.07) is 6.83. The number of anilines is 1. The molecule has 0 aromatic heterocycles. The molecule has 0 radical (unpaired) electrons. The van der Waals surface area contributed by atoms with E-state index in [0.717, 1.165) is 4.90 Å². The number of methoxy groups -OCH3 is 1. The smallest absolute Gasteiger partial charge is 0.315 e. The number of hydrogen-bond donors (Lipinski definition) is 1. The Kier molecular flexibility index (Phi) is 6.03. The molecule has 2 amide bonds. The van der Waals surface area contributed by atoms with Crippen LogP contribution in [0.3, 0.4) is 0 Å². The largest absolute Gasteiger partial charge is 0.497 e. The lowest BCUT2D eigenvalue weighted by atomic mass is 10.1. The van der Waals surface area contributed by atoms with E-state index >= 15 is 0 Å². The van der Waals surface area contributed by atoms with Gasteiger partial charge < -0.3 is 19.7 Å². The van der Waals surface area contributed by atoms with E-state index in [1.165, 1.54) is 14.2 Å². The summed E-state index contributed by atoms with van der Waals surface area (Å²) in [5, 5.41) is 2.66. The number of likely N-dealkylation sites (N-methyl/N-ethyl adjacent to an activating group) is 1. The number of benzene rings is 1. The molecule has 1 aliphatic carbocycles. The van der Waals surface area contributed by atoms with Gasteiger partial charge in [0.1, 0.15) is 15.5 Å². The molecule has 1 aliphatic rings. The number of halogens is 2. The molecule has 0 spiro atoms. The van der Waals surface area contributed by atoms with E-state index in [4.69, 9.17) is 32.7 Å². The first-order valence-electron chi connectivity index (χ1n) is 7.82. The molecule has 0 unspecified atom stereocenters. The summed E-state index contributed by atoms with van der Waals surface area (Å²) in [5.74, 6) is -0.944. The van der Waals surface area contributed by atoms with Gasteiger partial charge in [0.2, 0.25) is 5.91 Å². The maximum atomic E-state index is 12.0. The molecule has 1 aromatic carbocycles. The van der Waals surface area contributed by atoms with Crippen LogP contribution >= 0.6 is 23.2 Å². The van der Waals surface area contributed by atoms with Crippen LogP contribution in [0.2, 0.25) is 0 Å². The third-order valence-corrected chi connectivity index (χ3v) is 5.30. The van der Waals surface area contributed by atoms with Crippen LogP contribution in [0.25, 0.3) is 0 Å². The lowest BCUT2D eigenvalue weighted by Crippen LogP contribution is -2.38. The number of carbonyl (C=O) groups is 3. The summed E-state index contributed by atoms with van der Waals surface area (Å²) in [5.41, 5.74) is -0.456. The summed E-state index contributed by atoms with van der Waals surface area (Å²) < 4.78 is 8.89. The third kappa shape index (κ3) is 4.59. The number of rotatable bonds is 7. The van der Waals surface area contributed by atoms with Gasteiger partial charge in [-0.25, -0.2) is 0 Å². The summed E-state index contributed by atoms with van der Waals surface area (Å²) in [6.45, 7) is 0.895. The molecule has 0 aliphatic heterocycles. The van der Waals surface area contributed by atoms with E-state index < -0.39 is 34.1 Å². The molecule has 26 heavy (non-hydrogen) atoms. The van der Waals surface area contributed by atoms with E-state index in [2.05, 4.69) is 5.32 Å². The van der Waals surface area contributed by atoms with Crippen molar-refractivity contribution in [2.75, 3.05) is 32.6 Å². The highest BCUT2D eigenvalue weighted by Crippen LogP contribution is 2.64. The Labute approximate surface area is 161 Å². The highest BCUT2D eigenvalue weighted by atomic mass is 35.5. The number of nitrogens with zero attached hydrogens (tertiary/aromatic N) is 1. The Hall–Kier alpha value is -1.99. The zero-order valence-electron chi connectivity index (χ0n) is 14.7. The van der Waals surface area contributed by atoms with Crippen LogP contribution in [0, 0.1) is 5.41 Å². The Bertz CT molecular complexity index is 725. The normalized spacial score (nSPS) is 20.0. The second-order valence-electron chi connectivity index (χ2n) is 6.32. The summed E-state index contributed by atoms with van der Waals surface area (Å²) in [7, 11) is 2.96. The highest BCUT2D eigenvalue weighted by Gasteiger charge is 2.69. The fourth-order valence-corrected chi connectivity index (χ4v) is 2.91. The maximum Gasteiger partial charge on any atom is 0.315 e. The molecule has 1 aromatic rings. The van der Waals surface area contributed by atoms with Gasteiger partial charge in [0, 0.05) is 25.2 Å². The number of carbonyl (C=O) groups excluding carboxylic acids is 3. The number of alkyl halides is 2.